The van der Waals surface area contributed by atoms with E-state index in [4.69, 9.17) is 9.47 Å². The third-order valence-corrected chi connectivity index (χ3v) is 3.36. The van der Waals surface area contributed by atoms with Gasteiger partial charge in [-0.2, -0.15) is 0 Å². The molecule has 106 valence electrons. The molecule has 5 nitrogen and oxygen atoms in total. The van der Waals surface area contributed by atoms with Crippen molar-refractivity contribution in [2.24, 2.45) is 0 Å². The minimum atomic E-state index is -2.50. The Bertz CT molecular complexity index is 720. The average Bonchev–Trinajstić information content (AvgIpc) is 2.79. The van der Waals surface area contributed by atoms with Crippen LogP contribution in [0.25, 0.3) is 0 Å². The van der Waals surface area contributed by atoms with Crippen molar-refractivity contribution in [3.8, 4) is 11.5 Å². The SMILES string of the molecule is COc1ccc(C(=O)C2(O)Oc3ccccc3C2=O)cc1. The summed E-state index contributed by atoms with van der Waals surface area (Å²) in [6.07, 6.45) is 0. The smallest absolute Gasteiger partial charge is 0.338 e. The highest BCUT2D eigenvalue weighted by molar-refractivity contribution is 6.23. The highest BCUT2D eigenvalue weighted by Crippen LogP contribution is 2.35. The molecule has 0 fully saturated rings. The minimum Gasteiger partial charge on any atom is -0.497 e. The number of rotatable bonds is 3. The zero-order valence-electron chi connectivity index (χ0n) is 11.2. The first-order valence-electron chi connectivity index (χ1n) is 6.30. The molecule has 21 heavy (non-hydrogen) atoms. The van der Waals surface area contributed by atoms with Crippen LogP contribution < -0.4 is 9.47 Å². The molecule has 1 aliphatic rings. The van der Waals surface area contributed by atoms with E-state index in [1.807, 2.05) is 0 Å². The molecule has 1 aliphatic heterocycles. The van der Waals surface area contributed by atoms with Gasteiger partial charge in [-0.15, -0.1) is 0 Å². The average molecular weight is 284 g/mol. The Hall–Kier alpha value is -2.66. The zero-order valence-corrected chi connectivity index (χ0v) is 11.2. The molecule has 0 spiro atoms. The van der Waals surface area contributed by atoms with Gasteiger partial charge >= 0.3 is 5.79 Å². The molecule has 1 atom stereocenters. The van der Waals surface area contributed by atoms with Crippen molar-refractivity contribution >= 4 is 11.6 Å². The van der Waals surface area contributed by atoms with E-state index >= 15 is 0 Å². The van der Waals surface area contributed by atoms with Crippen LogP contribution in [0.5, 0.6) is 11.5 Å². The van der Waals surface area contributed by atoms with Gasteiger partial charge in [0, 0.05) is 5.56 Å². The number of aliphatic hydroxyl groups is 1. The van der Waals surface area contributed by atoms with E-state index in [0.29, 0.717) is 5.75 Å². The molecule has 0 aliphatic carbocycles. The summed E-state index contributed by atoms with van der Waals surface area (Å²) >= 11 is 0. The van der Waals surface area contributed by atoms with Crippen LogP contribution in [0.1, 0.15) is 20.7 Å². The van der Waals surface area contributed by atoms with Crippen LogP contribution in [0, 0.1) is 0 Å². The maximum atomic E-state index is 12.4. The maximum absolute atomic E-state index is 12.4. The molecular formula is C16H12O5. The predicted octanol–water partition coefficient (Wildman–Crippen LogP) is 1.84. The summed E-state index contributed by atoms with van der Waals surface area (Å²) in [5.74, 6) is -3.28. The topological polar surface area (TPSA) is 72.8 Å². The van der Waals surface area contributed by atoms with Crippen LogP contribution in [0.4, 0.5) is 0 Å². The first-order valence-corrected chi connectivity index (χ1v) is 6.30. The molecule has 0 amide bonds. The molecule has 0 radical (unpaired) electrons. The summed E-state index contributed by atoms with van der Waals surface area (Å²) < 4.78 is 10.2. The zero-order chi connectivity index (χ0) is 15.0. The normalized spacial score (nSPS) is 19.8. The van der Waals surface area contributed by atoms with E-state index in [2.05, 4.69) is 0 Å². The van der Waals surface area contributed by atoms with Gasteiger partial charge in [0.25, 0.3) is 0 Å². The number of carbonyl (C=O) groups is 2. The summed E-state index contributed by atoms with van der Waals surface area (Å²) in [5.41, 5.74) is 0.362. The summed E-state index contributed by atoms with van der Waals surface area (Å²) in [4.78, 5) is 24.6. The Balaban J connectivity index is 1.96. The largest absolute Gasteiger partial charge is 0.497 e. The molecule has 3 rings (SSSR count). The summed E-state index contributed by atoms with van der Waals surface area (Å²) in [6, 6.07) is 12.4. The molecule has 2 aromatic carbocycles. The first kappa shape index (κ1) is 13.3. The fourth-order valence-corrected chi connectivity index (χ4v) is 2.22. The van der Waals surface area contributed by atoms with Crippen molar-refractivity contribution in [2.75, 3.05) is 7.11 Å². The molecule has 5 heteroatoms. The lowest BCUT2D eigenvalue weighted by Crippen LogP contribution is -2.48. The fourth-order valence-electron chi connectivity index (χ4n) is 2.22. The van der Waals surface area contributed by atoms with Crippen LogP contribution in [-0.4, -0.2) is 29.6 Å². The Morgan fingerprint density at radius 3 is 2.43 bits per heavy atom. The molecule has 1 unspecified atom stereocenters. The van der Waals surface area contributed by atoms with E-state index < -0.39 is 17.4 Å². The van der Waals surface area contributed by atoms with Gasteiger partial charge in [-0.1, -0.05) is 12.1 Å². The quantitative estimate of drug-likeness (QED) is 0.687. The number of benzene rings is 2. The van der Waals surface area contributed by atoms with Crippen LogP contribution in [0.2, 0.25) is 0 Å². The molecule has 2 aromatic rings. The van der Waals surface area contributed by atoms with E-state index in [-0.39, 0.29) is 16.9 Å². The monoisotopic (exact) mass is 284 g/mol. The number of para-hydroxylation sites is 1. The van der Waals surface area contributed by atoms with E-state index in [1.165, 1.54) is 31.4 Å². The number of hydrogen-bond donors (Lipinski definition) is 1. The number of ketones is 2. The number of carbonyl (C=O) groups excluding carboxylic acids is 2. The van der Waals surface area contributed by atoms with Crippen molar-refractivity contribution in [3.63, 3.8) is 0 Å². The Morgan fingerprint density at radius 2 is 1.81 bits per heavy atom. The standard InChI is InChI=1S/C16H12O5/c1-20-11-8-6-10(7-9-11)14(17)16(19)15(18)12-4-2-3-5-13(12)21-16/h2-9,19H,1H3. The lowest BCUT2D eigenvalue weighted by atomic mass is 9.97. The lowest BCUT2D eigenvalue weighted by molar-refractivity contribution is -0.0618. The number of Topliss-reactive ketones (excluding diaryl/α,β-unsaturated/α-hetero) is 2. The highest BCUT2D eigenvalue weighted by atomic mass is 16.6. The van der Waals surface area contributed by atoms with Gasteiger partial charge in [0.05, 0.1) is 12.7 Å². The molecule has 0 aromatic heterocycles. The van der Waals surface area contributed by atoms with Gasteiger partial charge in [-0.25, -0.2) is 0 Å². The van der Waals surface area contributed by atoms with Crippen LogP contribution in [0.3, 0.4) is 0 Å². The number of methoxy groups -OCH3 is 1. The first-order chi connectivity index (χ1) is 10.1. The van der Waals surface area contributed by atoms with Crippen LogP contribution in [-0.2, 0) is 0 Å². The number of hydrogen-bond acceptors (Lipinski definition) is 5. The van der Waals surface area contributed by atoms with Crippen molar-refractivity contribution < 1.29 is 24.2 Å². The van der Waals surface area contributed by atoms with Gasteiger partial charge in [0.2, 0.25) is 11.6 Å². The lowest BCUT2D eigenvalue weighted by Gasteiger charge is -2.18. The van der Waals surface area contributed by atoms with Crippen molar-refractivity contribution in [1.82, 2.24) is 0 Å². The van der Waals surface area contributed by atoms with Crippen molar-refractivity contribution in [3.05, 3.63) is 59.7 Å². The Labute approximate surface area is 120 Å². The van der Waals surface area contributed by atoms with Gasteiger partial charge in [0.1, 0.15) is 11.5 Å². The minimum absolute atomic E-state index is 0.166. The van der Waals surface area contributed by atoms with Gasteiger partial charge < -0.3 is 14.6 Å². The number of fused-ring (bicyclic) bond motifs is 1. The summed E-state index contributed by atoms with van der Waals surface area (Å²) in [7, 11) is 1.50. The predicted molar refractivity (Wildman–Crippen MR) is 73.7 cm³/mol. The van der Waals surface area contributed by atoms with E-state index in [9.17, 15) is 14.7 Å². The van der Waals surface area contributed by atoms with Crippen LogP contribution >= 0.6 is 0 Å². The Morgan fingerprint density at radius 1 is 1.14 bits per heavy atom. The Kier molecular flexibility index (Phi) is 2.99. The third-order valence-electron chi connectivity index (χ3n) is 3.36. The maximum Gasteiger partial charge on any atom is 0.338 e. The number of ether oxygens (including phenoxy) is 2. The van der Waals surface area contributed by atoms with Gasteiger partial charge in [-0.3, -0.25) is 9.59 Å². The second-order valence-electron chi connectivity index (χ2n) is 4.63. The fraction of sp³-hybridized carbons (Fsp3) is 0.125. The molecule has 0 saturated carbocycles. The van der Waals surface area contributed by atoms with E-state index in [1.54, 1.807) is 24.3 Å². The van der Waals surface area contributed by atoms with Gasteiger partial charge in [-0.05, 0) is 36.4 Å². The van der Waals surface area contributed by atoms with E-state index in [0.717, 1.165) is 0 Å². The van der Waals surface area contributed by atoms with Crippen LogP contribution in [0.15, 0.2) is 48.5 Å². The molecule has 0 saturated heterocycles. The molecule has 1 heterocycles. The molecule has 0 bridgehead atoms. The molecule has 1 N–H and O–H groups in total. The van der Waals surface area contributed by atoms with Crippen molar-refractivity contribution in [2.45, 2.75) is 5.79 Å². The molecular weight excluding hydrogens is 272 g/mol. The van der Waals surface area contributed by atoms with Crippen molar-refractivity contribution in [1.29, 1.82) is 0 Å². The second kappa shape index (κ2) is 4.71. The summed E-state index contributed by atoms with van der Waals surface area (Å²) in [5, 5.41) is 10.4. The third kappa shape index (κ3) is 1.98. The summed E-state index contributed by atoms with van der Waals surface area (Å²) in [6.45, 7) is 0. The second-order valence-corrected chi connectivity index (χ2v) is 4.63. The highest BCUT2D eigenvalue weighted by Gasteiger charge is 2.53. The van der Waals surface area contributed by atoms with Gasteiger partial charge in [0.15, 0.2) is 0 Å².